The number of rotatable bonds is 7. The molecule has 1 rings (SSSR count). The Morgan fingerprint density at radius 3 is 2.80 bits per heavy atom. The Morgan fingerprint density at radius 1 is 1.47 bits per heavy atom. The van der Waals surface area contributed by atoms with Crippen LogP contribution in [0.5, 0.6) is 0 Å². The molecule has 1 aliphatic heterocycles. The number of nitrogens with zero attached hydrogens (tertiary/aromatic N) is 1. The SMILES string of the molecule is CCNCC(CC)N(C)CC1CCCO1. The van der Waals surface area contributed by atoms with Gasteiger partial charge in [0.25, 0.3) is 0 Å². The zero-order valence-electron chi connectivity index (χ0n) is 10.5. The molecule has 1 saturated heterocycles. The van der Waals surface area contributed by atoms with Crippen molar-refractivity contribution in [1.29, 1.82) is 0 Å². The van der Waals surface area contributed by atoms with Gasteiger partial charge in [-0.1, -0.05) is 13.8 Å². The highest BCUT2D eigenvalue weighted by Crippen LogP contribution is 2.14. The van der Waals surface area contributed by atoms with Crippen LogP contribution in [-0.2, 0) is 4.74 Å². The number of hydrogen-bond acceptors (Lipinski definition) is 3. The number of ether oxygens (including phenoxy) is 1. The second-order valence-corrected chi connectivity index (χ2v) is 4.44. The molecule has 15 heavy (non-hydrogen) atoms. The predicted molar refractivity (Wildman–Crippen MR) is 64.2 cm³/mol. The molecule has 0 aromatic rings. The van der Waals surface area contributed by atoms with Gasteiger partial charge in [-0.15, -0.1) is 0 Å². The van der Waals surface area contributed by atoms with Crippen molar-refractivity contribution in [2.45, 2.75) is 45.3 Å². The third-order valence-corrected chi connectivity index (χ3v) is 3.24. The summed E-state index contributed by atoms with van der Waals surface area (Å²) in [5.74, 6) is 0. The molecule has 3 nitrogen and oxygen atoms in total. The number of likely N-dealkylation sites (N-methyl/N-ethyl adjacent to an activating group) is 2. The van der Waals surface area contributed by atoms with Gasteiger partial charge in [-0.25, -0.2) is 0 Å². The minimum Gasteiger partial charge on any atom is -0.377 e. The molecule has 90 valence electrons. The van der Waals surface area contributed by atoms with E-state index in [1.165, 1.54) is 19.3 Å². The molecule has 1 N–H and O–H groups in total. The van der Waals surface area contributed by atoms with Crippen molar-refractivity contribution in [3.63, 3.8) is 0 Å². The standard InChI is InChI=1S/C12H26N2O/c1-4-11(9-13-5-2)14(3)10-12-7-6-8-15-12/h11-13H,4-10H2,1-3H3. The number of nitrogens with one attached hydrogen (secondary N) is 1. The average Bonchev–Trinajstić information content (AvgIpc) is 2.71. The van der Waals surface area contributed by atoms with Gasteiger partial charge in [-0.2, -0.15) is 0 Å². The van der Waals surface area contributed by atoms with Crippen LogP contribution in [0.25, 0.3) is 0 Å². The molecule has 2 atom stereocenters. The fourth-order valence-corrected chi connectivity index (χ4v) is 2.18. The van der Waals surface area contributed by atoms with Crippen molar-refractivity contribution >= 4 is 0 Å². The van der Waals surface area contributed by atoms with Crippen LogP contribution in [0.15, 0.2) is 0 Å². The molecule has 0 amide bonds. The van der Waals surface area contributed by atoms with E-state index in [9.17, 15) is 0 Å². The summed E-state index contributed by atoms with van der Waals surface area (Å²) in [6.45, 7) is 8.62. The van der Waals surface area contributed by atoms with Gasteiger partial charge in [-0.05, 0) is 32.9 Å². The summed E-state index contributed by atoms with van der Waals surface area (Å²) >= 11 is 0. The maximum Gasteiger partial charge on any atom is 0.0702 e. The maximum absolute atomic E-state index is 5.66. The summed E-state index contributed by atoms with van der Waals surface area (Å²) in [5.41, 5.74) is 0. The molecule has 0 aliphatic carbocycles. The summed E-state index contributed by atoms with van der Waals surface area (Å²) in [7, 11) is 2.22. The van der Waals surface area contributed by atoms with E-state index in [-0.39, 0.29) is 0 Å². The summed E-state index contributed by atoms with van der Waals surface area (Å²) < 4.78 is 5.66. The van der Waals surface area contributed by atoms with Gasteiger partial charge >= 0.3 is 0 Å². The quantitative estimate of drug-likeness (QED) is 0.695. The average molecular weight is 214 g/mol. The van der Waals surface area contributed by atoms with Crippen molar-refractivity contribution in [2.24, 2.45) is 0 Å². The summed E-state index contributed by atoms with van der Waals surface area (Å²) in [4.78, 5) is 2.44. The van der Waals surface area contributed by atoms with E-state index < -0.39 is 0 Å². The van der Waals surface area contributed by atoms with Crippen LogP contribution in [0.4, 0.5) is 0 Å². The van der Waals surface area contributed by atoms with Crippen molar-refractivity contribution in [3.05, 3.63) is 0 Å². The highest BCUT2D eigenvalue weighted by molar-refractivity contribution is 4.75. The Hall–Kier alpha value is -0.120. The predicted octanol–water partition coefficient (Wildman–Crippen LogP) is 1.49. The van der Waals surface area contributed by atoms with Gasteiger partial charge in [0.1, 0.15) is 0 Å². The van der Waals surface area contributed by atoms with Gasteiger partial charge in [0, 0.05) is 25.7 Å². The molecule has 0 spiro atoms. The van der Waals surface area contributed by atoms with E-state index >= 15 is 0 Å². The largest absolute Gasteiger partial charge is 0.377 e. The van der Waals surface area contributed by atoms with Crippen molar-refractivity contribution < 1.29 is 4.74 Å². The van der Waals surface area contributed by atoms with Crippen LogP contribution in [0.2, 0.25) is 0 Å². The molecular formula is C12H26N2O. The molecule has 1 heterocycles. The Kier molecular flexibility index (Phi) is 6.22. The van der Waals surface area contributed by atoms with E-state index in [1.807, 2.05) is 0 Å². The molecule has 0 aromatic heterocycles. The van der Waals surface area contributed by atoms with Gasteiger partial charge in [0.15, 0.2) is 0 Å². The minimum absolute atomic E-state index is 0.477. The van der Waals surface area contributed by atoms with E-state index in [1.54, 1.807) is 0 Å². The lowest BCUT2D eigenvalue weighted by atomic mass is 10.1. The smallest absolute Gasteiger partial charge is 0.0702 e. The Bertz CT molecular complexity index is 158. The molecule has 1 fully saturated rings. The second kappa shape index (κ2) is 7.20. The topological polar surface area (TPSA) is 24.5 Å². The van der Waals surface area contributed by atoms with Gasteiger partial charge < -0.3 is 10.1 Å². The van der Waals surface area contributed by atoms with Gasteiger partial charge in [0.05, 0.1) is 6.10 Å². The third kappa shape index (κ3) is 4.49. The van der Waals surface area contributed by atoms with Crippen LogP contribution >= 0.6 is 0 Å². The Balaban J connectivity index is 2.24. The lowest BCUT2D eigenvalue weighted by molar-refractivity contribution is 0.0672. The van der Waals surface area contributed by atoms with Gasteiger partial charge in [-0.3, -0.25) is 4.90 Å². The molecule has 0 radical (unpaired) electrons. The van der Waals surface area contributed by atoms with Crippen LogP contribution in [0, 0.1) is 0 Å². The highest BCUT2D eigenvalue weighted by Gasteiger charge is 2.20. The molecule has 0 saturated carbocycles. The summed E-state index contributed by atoms with van der Waals surface area (Å²) in [5, 5.41) is 3.42. The van der Waals surface area contributed by atoms with E-state index in [0.717, 1.165) is 26.2 Å². The fourth-order valence-electron chi connectivity index (χ4n) is 2.18. The minimum atomic E-state index is 0.477. The zero-order chi connectivity index (χ0) is 11.1. The second-order valence-electron chi connectivity index (χ2n) is 4.44. The zero-order valence-corrected chi connectivity index (χ0v) is 10.5. The van der Waals surface area contributed by atoms with Crippen LogP contribution < -0.4 is 5.32 Å². The lowest BCUT2D eigenvalue weighted by Crippen LogP contribution is -2.43. The molecule has 3 heteroatoms. The van der Waals surface area contributed by atoms with Gasteiger partial charge in [0.2, 0.25) is 0 Å². The molecule has 1 aliphatic rings. The van der Waals surface area contributed by atoms with Crippen LogP contribution in [0.1, 0.15) is 33.1 Å². The third-order valence-electron chi connectivity index (χ3n) is 3.24. The monoisotopic (exact) mass is 214 g/mol. The van der Waals surface area contributed by atoms with E-state index in [2.05, 4.69) is 31.1 Å². The van der Waals surface area contributed by atoms with Crippen LogP contribution in [-0.4, -0.2) is 50.3 Å². The number of hydrogen-bond donors (Lipinski definition) is 1. The normalized spacial score (nSPS) is 23.6. The first-order valence-electron chi connectivity index (χ1n) is 6.30. The molecule has 0 aromatic carbocycles. The van der Waals surface area contributed by atoms with E-state index in [4.69, 9.17) is 4.74 Å². The Labute approximate surface area is 94.2 Å². The van der Waals surface area contributed by atoms with Crippen molar-refractivity contribution in [2.75, 3.05) is 33.3 Å². The highest BCUT2D eigenvalue weighted by atomic mass is 16.5. The van der Waals surface area contributed by atoms with Crippen LogP contribution in [0.3, 0.4) is 0 Å². The lowest BCUT2D eigenvalue weighted by Gasteiger charge is -2.29. The first-order valence-corrected chi connectivity index (χ1v) is 6.30. The molecule has 0 bridgehead atoms. The van der Waals surface area contributed by atoms with Crippen molar-refractivity contribution in [1.82, 2.24) is 10.2 Å². The molecule has 2 unspecified atom stereocenters. The van der Waals surface area contributed by atoms with Crippen molar-refractivity contribution in [3.8, 4) is 0 Å². The fraction of sp³-hybridized carbons (Fsp3) is 1.00. The summed E-state index contributed by atoms with van der Waals surface area (Å²) in [6, 6.07) is 0.647. The summed E-state index contributed by atoms with van der Waals surface area (Å²) in [6.07, 6.45) is 4.16. The maximum atomic E-state index is 5.66. The first kappa shape index (κ1) is 12.9. The molecular weight excluding hydrogens is 188 g/mol. The first-order chi connectivity index (χ1) is 7.27. The van der Waals surface area contributed by atoms with E-state index in [0.29, 0.717) is 12.1 Å². The Morgan fingerprint density at radius 2 is 2.27 bits per heavy atom.